The zero-order valence-corrected chi connectivity index (χ0v) is 14.8. The van der Waals surface area contributed by atoms with Gasteiger partial charge in [0, 0.05) is 0 Å². The Labute approximate surface area is 140 Å². The summed E-state index contributed by atoms with van der Waals surface area (Å²) < 4.78 is 0. The van der Waals surface area contributed by atoms with Crippen molar-refractivity contribution in [2.24, 2.45) is 0 Å². The monoisotopic (exact) mass is 308 g/mol. The molecule has 0 aliphatic heterocycles. The third-order valence-electron chi connectivity index (χ3n) is 4.52. The molecule has 0 fully saturated rings. The lowest BCUT2D eigenvalue weighted by molar-refractivity contribution is 0.199. The fourth-order valence-corrected chi connectivity index (χ4v) is 3.09. The van der Waals surface area contributed by atoms with Crippen LogP contribution in [0.25, 0.3) is 11.1 Å². The molecule has 1 N–H and O–H groups in total. The molecule has 0 heterocycles. The predicted molar refractivity (Wildman–Crippen MR) is 100 cm³/mol. The van der Waals surface area contributed by atoms with Gasteiger partial charge in [-0.05, 0) is 59.6 Å². The molecule has 2 rings (SSSR count). The highest BCUT2D eigenvalue weighted by molar-refractivity contribution is 5.90. The summed E-state index contributed by atoms with van der Waals surface area (Å²) >= 11 is 0. The van der Waals surface area contributed by atoms with E-state index in [4.69, 9.17) is 0 Å². The van der Waals surface area contributed by atoms with Crippen LogP contribution in [0, 0.1) is 0 Å². The zero-order valence-electron chi connectivity index (χ0n) is 14.8. The molecule has 122 valence electrons. The minimum absolute atomic E-state index is 0.412. The molecule has 0 aliphatic carbocycles. The van der Waals surface area contributed by atoms with Gasteiger partial charge in [-0.3, -0.25) is 0 Å². The molecule has 1 atom stereocenters. The molecule has 0 spiro atoms. The maximum absolute atomic E-state index is 9.68. The fraction of sp³-hybridized carbons (Fsp3) is 0.364. The van der Waals surface area contributed by atoms with Gasteiger partial charge in [0.05, 0.1) is 6.10 Å². The highest BCUT2D eigenvalue weighted by atomic mass is 16.3. The molecule has 1 nitrogen and oxygen atoms in total. The Balaban J connectivity index is 2.45. The van der Waals surface area contributed by atoms with Crippen molar-refractivity contribution >= 4 is 11.1 Å². The van der Waals surface area contributed by atoms with Gasteiger partial charge in [0.1, 0.15) is 0 Å². The minimum atomic E-state index is -0.412. The van der Waals surface area contributed by atoms with Gasteiger partial charge in [0.25, 0.3) is 0 Å². The topological polar surface area (TPSA) is 20.2 Å². The van der Waals surface area contributed by atoms with Crippen LogP contribution < -0.4 is 0 Å². The normalized spacial score (nSPS) is 13.6. The van der Waals surface area contributed by atoms with Gasteiger partial charge in [-0.15, -0.1) is 0 Å². The van der Waals surface area contributed by atoms with Crippen LogP contribution in [0.3, 0.4) is 0 Å². The molecule has 0 aliphatic rings. The van der Waals surface area contributed by atoms with Gasteiger partial charge in [0.15, 0.2) is 0 Å². The Bertz CT molecular complexity index is 645. The highest BCUT2D eigenvalue weighted by Crippen LogP contribution is 2.32. The summed E-state index contributed by atoms with van der Waals surface area (Å²) in [6, 6.07) is 17.3. The van der Waals surface area contributed by atoms with Gasteiger partial charge >= 0.3 is 0 Å². The number of hydrogen-bond donors (Lipinski definition) is 1. The van der Waals surface area contributed by atoms with Crippen molar-refractivity contribution in [3.05, 3.63) is 70.8 Å². The van der Waals surface area contributed by atoms with Crippen molar-refractivity contribution in [3.63, 3.8) is 0 Å². The first-order chi connectivity index (χ1) is 11.1. The van der Waals surface area contributed by atoms with Gasteiger partial charge in [-0.1, -0.05) is 69.3 Å². The smallest absolute Gasteiger partial charge is 0.0761 e. The fourth-order valence-electron chi connectivity index (χ4n) is 3.09. The Morgan fingerprint density at radius 3 is 1.57 bits per heavy atom. The van der Waals surface area contributed by atoms with E-state index in [1.807, 2.05) is 12.1 Å². The van der Waals surface area contributed by atoms with Crippen LogP contribution in [0.2, 0.25) is 0 Å². The van der Waals surface area contributed by atoms with E-state index in [-0.39, 0.29) is 0 Å². The Morgan fingerprint density at radius 1 is 0.783 bits per heavy atom. The SMILES string of the molecule is CCC(=C(CC)c1ccc(C(C)O)cc1)c1ccc(CC)cc1. The first kappa shape index (κ1) is 17.5. The Hall–Kier alpha value is -1.86. The molecule has 0 bridgehead atoms. The molecule has 0 amide bonds. The average Bonchev–Trinajstić information content (AvgIpc) is 2.60. The van der Waals surface area contributed by atoms with Crippen molar-refractivity contribution in [1.29, 1.82) is 0 Å². The third-order valence-corrected chi connectivity index (χ3v) is 4.52. The quantitative estimate of drug-likeness (QED) is 0.646. The van der Waals surface area contributed by atoms with Crippen molar-refractivity contribution < 1.29 is 5.11 Å². The van der Waals surface area contributed by atoms with Crippen molar-refractivity contribution in [2.45, 2.75) is 53.1 Å². The maximum Gasteiger partial charge on any atom is 0.0761 e. The lowest BCUT2D eigenvalue weighted by atomic mass is 9.90. The lowest BCUT2D eigenvalue weighted by Crippen LogP contribution is -1.94. The van der Waals surface area contributed by atoms with Crippen LogP contribution in [0.4, 0.5) is 0 Å². The molecule has 2 aromatic rings. The molecular weight excluding hydrogens is 280 g/mol. The molecule has 1 heteroatoms. The van der Waals surface area contributed by atoms with E-state index < -0.39 is 6.10 Å². The molecule has 0 aromatic heterocycles. The molecule has 0 radical (unpaired) electrons. The highest BCUT2D eigenvalue weighted by Gasteiger charge is 2.10. The van der Waals surface area contributed by atoms with Gasteiger partial charge in [0.2, 0.25) is 0 Å². The maximum atomic E-state index is 9.68. The zero-order chi connectivity index (χ0) is 16.8. The Kier molecular flexibility index (Phi) is 6.18. The number of aliphatic hydroxyl groups is 1. The first-order valence-electron chi connectivity index (χ1n) is 8.70. The van der Waals surface area contributed by atoms with E-state index in [1.54, 1.807) is 6.92 Å². The van der Waals surface area contributed by atoms with Crippen molar-refractivity contribution in [2.75, 3.05) is 0 Å². The summed E-state index contributed by atoms with van der Waals surface area (Å²) in [7, 11) is 0. The second kappa shape index (κ2) is 8.12. The second-order valence-electron chi connectivity index (χ2n) is 6.01. The predicted octanol–water partition coefficient (Wildman–Crippen LogP) is 6.03. The summed E-state index contributed by atoms with van der Waals surface area (Å²) in [5.41, 5.74) is 7.74. The number of benzene rings is 2. The summed E-state index contributed by atoms with van der Waals surface area (Å²) in [5, 5.41) is 9.68. The summed E-state index contributed by atoms with van der Waals surface area (Å²) in [6.07, 6.45) is 2.69. The van der Waals surface area contributed by atoms with Crippen LogP contribution in [-0.4, -0.2) is 5.11 Å². The molecule has 0 saturated carbocycles. The molecule has 1 unspecified atom stereocenters. The number of aryl methyl sites for hydroxylation is 1. The molecule has 2 aromatic carbocycles. The number of hydrogen-bond acceptors (Lipinski definition) is 1. The van der Waals surface area contributed by atoms with E-state index in [1.165, 1.54) is 27.8 Å². The molecule has 23 heavy (non-hydrogen) atoms. The number of rotatable bonds is 6. The van der Waals surface area contributed by atoms with Crippen LogP contribution in [0.5, 0.6) is 0 Å². The van der Waals surface area contributed by atoms with E-state index >= 15 is 0 Å². The van der Waals surface area contributed by atoms with Gasteiger partial charge in [-0.25, -0.2) is 0 Å². The summed E-state index contributed by atoms with van der Waals surface area (Å²) in [5.74, 6) is 0. The van der Waals surface area contributed by atoms with Crippen LogP contribution in [0.1, 0.15) is 68.9 Å². The largest absolute Gasteiger partial charge is 0.389 e. The second-order valence-corrected chi connectivity index (χ2v) is 6.01. The first-order valence-corrected chi connectivity index (χ1v) is 8.70. The van der Waals surface area contributed by atoms with Gasteiger partial charge < -0.3 is 5.11 Å². The number of allylic oxidation sites excluding steroid dienone is 2. The molecular formula is C22H28O. The van der Waals surface area contributed by atoms with Crippen LogP contribution in [-0.2, 0) is 6.42 Å². The van der Waals surface area contributed by atoms with Crippen molar-refractivity contribution in [3.8, 4) is 0 Å². The average molecular weight is 308 g/mol. The summed E-state index contributed by atoms with van der Waals surface area (Å²) in [6.45, 7) is 8.43. The number of aliphatic hydroxyl groups excluding tert-OH is 1. The van der Waals surface area contributed by atoms with E-state index in [0.717, 1.165) is 24.8 Å². The van der Waals surface area contributed by atoms with Crippen molar-refractivity contribution in [1.82, 2.24) is 0 Å². The van der Waals surface area contributed by atoms with E-state index in [2.05, 4.69) is 57.2 Å². The van der Waals surface area contributed by atoms with E-state index in [9.17, 15) is 5.11 Å². The van der Waals surface area contributed by atoms with Crippen LogP contribution in [0.15, 0.2) is 48.5 Å². The Morgan fingerprint density at radius 2 is 1.22 bits per heavy atom. The van der Waals surface area contributed by atoms with Gasteiger partial charge in [-0.2, -0.15) is 0 Å². The van der Waals surface area contributed by atoms with E-state index in [0.29, 0.717) is 0 Å². The third kappa shape index (κ3) is 4.11. The summed E-state index contributed by atoms with van der Waals surface area (Å²) in [4.78, 5) is 0. The molecule has 0 saturated heterocycles. The lowest BCUT2D eigenvalue weighted by Gasteiger charge is -2.15. The minimum Gasteiger partial charge on any atom is -0.389 e. The van der Waals surface area contributed by atoms with Crippen LogP contribution >= 0.6 is 0 Å². The standard InChI is InChI=1S/C22H28O/c1-5-17-8-10-19(11-9-17)21(6-2)22(7-3)20-14-12-18(13-15-20)16(4)23/h8-16,23H,5-7H2,1-4H3.